The van der Waals surface area contributed by atoms with Crippen molar-refractivity contribution in [2.75, 3.05) is 15.9 Å². The lowest BCUT2D eigenvalue weighted by molar-refractivity contribution is -0.116. The number of hydrogen-bond acceptors (Lipinski definition) is 4. The molecule has 2 aromatic rings. The molecule has 0 bridgehead atoms. The third kappa shape index (κ3) is 4.17. The van der Waals surface area contributed by atoms with Crippen LogP contribution in [0.4, 0.5) is 15.8 Å². The summed E-state index contributed by atoms with van der Waals surface area (Å²) in [7, 11) is -3.96. The highest BCUT2D eigenvalue weighted by Gasteiger charge is 2.31. The van der Waals surface area contributed by atoms with E-state index in [0.29, 0.717) is 4.31 Å². The lowest BCUT2D eigenvalue weighted by Crippen LogP contribution is -2.46. The largest absolute Gasteiger partial charge is 0.366 e. The number of carbonyl (C=O) groups is 2. The van der Waals surface area contributed by atoms with Gasteiger partial charge >= 0.3 is 0 Å². The lowest BCUT2D eigenvalue weighted by Gasteiger charge is -2.28. The average molecular weight is 379 g/mol. The molecule has 7 nitrogen and oxygen atoms in total. The number of hydrogen-bond donors (Lipinski definition) is 2. The van der Waals surface area contributed by atoms with Crippen molar-refractivity contribution < 1.29 is 22.4 Å². The molecule has 2 aromatic carbocycles. The molecule has 0 aliphatic rings. The number of carbonyl (C=O) groups excluding carboxylic acids is 2. The zero-order valence-corrected chi connectivity index (χ0v) is 15.0. The standard InChI is InChI=1S/C17H18FN3O4S/c1-11(17(23)20-14-9-5-3-7-12(14)16(19)22)21(26(2,24)25)15-10-6-4-8-13(15)18/h3-11H,1-2H3,(H2,19,22)(H,20,23). The number of amides is 2. The lowest BCUT2D eigenvalue weighted by atomic mass is 10.1. The molecule has 1 atom stereocenters. The first kappa shape index (κ1) is 19.4. The van der Waals surface area contributed by atoms with Gasteiger partial charge < -0.3 is 11.1 Å². The molecule has 138 valence electrons. The molecule has 26 heavy (non-hydrogen) atoms. The molecule has 0 saturated carbocycles. The molecule has 0 aliphatic carbocycles. The topological polar surface area (TPSA) is 110 Å². The normalized spacial score (nSPS) is 12.3. The predicted molar refractivity (Wildman–Crippen MR) is 96.8 cm³/mol. The van der Waals surface area contributed by atoms with Crippen LogP contribution in [-0.2, 0) is 14.8 Å². The van der Waals surface area contributed by atoms with Crippen molar-refractivity contribution in [1.29, 1.82) is 0 Å². The van der Waals surface area contributed by atoms with Gasteiger partial charge in [0.05, 0.1) is 23.2 Å². The first-order valence-electron chi connectivity index (χ1n) is 7.56. The summed E-state index contributed by atoms with van der Waals surface area (Å²) in [5.41, 5.74) is 5.22. The molecule has 0 aromatic heterocycles. The van der Waals surface area contributed by atoms with Gasteiger partial charge in [-0.1, -0.05) is 24.3 Å². The smallest absolute Gasteiger partial charge is 0.250 e. The first-order valence-corrected chi connectivity index (χ1v) is 9.41. The highest BCUT2D eigenvalue weighted by atomic mass is 32.2. The highest BCUT2D eigenvalue weighted by Crippen LogP contribution is 2.25. The van der Waals surface area contributed by atoms with E-state index in [4.69, 9.17) is 5.73 Å². The molecule has 2 amide bonds. The Kier molecular flexibility index (Phi) is 5.61. The molecule has 2 rings (SSSR count). The van der Waals surface area contributed by atoms with Crippen LogP contribution in [0.3, 0.4) is 0 Å². The van der Waals surface area contributed by atoms with Crippen LogP contribution in [0.2, 0.25) is 0 Å². The van der Waals surface area contributed by atoms with Crippen LogP contribution in [0.1, 0.15) is 17.3 Å². The van der Waals surface area contributed by atoms with Gasteiger partial charge in [0.25, 0.3) is 5.91 Å². The maximum atomic E-state index is 14.1. The van der Waals surface area contributed by atoms with Crippen molar-refractivity contribution in [3.8, 4) is 0 Å². The van der Waals surface area contributed by atoms with E-state index in [1.165, 1.54) is 37.3 Å². The van der Waals surface area contributed by atoms with E-state index in [1.807, 2.05) is 0 Å². The summed E-state index contributed by atoms with van der Waals surface area (Å²) >= 11 is 0. The molecule has 0 saturated heterocycles. The third-order valence-corrected chi connectivity index (χ3v) is 4.86. The Bertz CT molecular complexity index is 947. The number of primary amides is 1. The minimum atomic E-state index is -3.96. The fourth-order valence-corrected chi connectivity index (χ4v) is 3.63. The molecule has 1 unspecified atom stereocenters. The summed E-state index contributed by atoms with van der Waals surface area (Å²) in [6.07, 6.45) is 0.876. The van der Waals surface area contributed by atoms with Gasteiger partial charge in [-0.15, -0.1) is 0 Å². The van der Waals surface area contributed by atoms with Gasteiger partial charge in [-0.3, -0.25) is 13.9 Å². The van der Waals surface area contributed by atoms with Gasteiger partial charge in [-0.2, -0.15) is 0 Å². The van der Waals surface area contributed by atoms with E-state index in [9.17, 15) is 22.4 Å². The minimum Gasteiger partial charge on any atom is -0.366 e. The van der Waals surface area contributed by atoms with Crippen LogP contribution in [0.15, 0.2) is 48.5 Å². The molecule has 3 N–H and O–H groups in total. The second kappa shape index (κ2) is 7.52. The van der Waals surface area contributed by atoms with Crippen LogP contribution in [-0.4, -0.2) is 32.5 Å². The van der Waals surface area contributed by atoms with Crippen molar-refractivity contribution in [2.24, 2.45) is 5.73 Å². The van der Waals surface area contributed by atoms with Gasteiger partial charge in [-0.25, -0.2) is 12.8 Å². The highest BCUT2D eigenvalue weighted by molar-refractivity contribution is 7.92. The molecule has 0 heterocycles. The number of sulfonamides is 1. The maximum Gasteiger partial charge on any atom is 0.250 e. The number of nitrogens with two attached hydrogens (primary N) is 1. The maximum absolute atomic E-state index is 14.1. The van der Waals surface area contributed by atoms with Crippen molar-refractivity contribution in [2.45, 2.75) is 13.0 Å². The minimum absolute atomic E-state index is 0.0739. The molecular formula is C17H18FN3O4S. The van der Waals surface area contributed by atoms with Crippen molar-refractivity contribution in [1.82, 2.24) is 0 Å². The number of benzene rings is 2. The van der Waals surface area contributed by atoms with E-state index in [2.05, 4.69) is 5.32 Å². The number of halogens is 1. The van der Waals surface area contributed by atoms with Crippen molar-refractivity contribution in [3.63, 3.8) is 0 Å². The number of rotatable bonds is 6. The summed E-state index contributed by atoms with van der Waals surface area (Å²) in [6, 6.07) is 9.99. The third-order valence-electron chi connectivity index (χ3n) is 3.63. The van der Waals surface area contributed by atoms with Crippen LogP contribution in [0.5, 0.6) is 0 Å². The fraction of sp³-hybridized carbons (Fsp3) is 0.176. The SMILES string of the molecule is CC(C(=O)Nc1ccccc1C(N)=O)N(c1ccccc1F)S(C)(=O)=O. The van der Waals surface area contributed by atoms with E-state index in [0.717, 1.165) is 12.3 Å². The van der Waals surface area contributed by atoms with Crippen molar-refractivity contribution >= 4 is 33.2 Å². The summed E-state index contributed by atoms with van der Waals surface area (Å²) in [5.74, 6) is -2.27. The Morgan fingerprint density at radius 1 is 1.12 bits per heavy atom. The molecule has 0 radical (unpaired) electrons. The van der Waals surface area contributed by atoms with E-state index >= 15 is 0 Å². The molecule has 0 fully saturated rings. The van der Waals surface area contributed by atoms with Gasteiger partial charge in [0.2, 0.25) is 15.9 Å². The average Bonchev–Trinajstić information content (AvgIpc) is 2.55. The molecule has 0 aliphatic heterocycles. The van der Waals surface area contributed by atoms with Gasteiger partial charge in [0.15, 0.2) is 0 Å². The van der Waals surface area contributed by atoms with E-state index in [-0.39, 0.29) is 16.9 Å². The quantitative estimate of drug-likeness (QED) is 0.796. The van der Waals surface area contributed by atoms with Gasteiger partial charge in [0.1, 0.15) is 11.9 Å². The number of nitrogens with zero attached hydrogens (tertiary/aromatic N) is 1. The summed E-state index contributed by atoms with van der Waals surface area (Å²) in [4.78, 5) is 24.0. The molecule has 0 spiro atoms. The van der Waals surface area contributed by atoms with Gasteiger partial charge in [-0.05, 0) is 31.2 Å². The van der Waals surface area contributed by atoms with E-state index < -0.39 is 33.7 Å². The van der Waals surface area contributed by atoms with Crippen LogP contribution >= 0.6 is 0 Å². The second-order valence-corrected chi connectivity index (χ2v) is 7.44. The Labute approximate surface area is 150 Å². The monoisotopic (exact) mass is 379 g/mol. The van der Waals surface area contributed by atoms with Crippen molar-refractivity contribution in [3.05, 3.63) is 59.9 Å². The van der Waals surface area contributed by atoms with Crippen LogP contribution < -0.4 is 15.4 Å². The number of para-hydroxylation sites is 2. The Balaban J connectivity index is 2.38. The summed E-state index contributed by atoms with van der Waals surface area (Å²) < 4.78 is 39.1. The number of nitrogens with one attached hydrogen (secondary N) is 1. The number of anilines is 2. The molecule has 9 heteroatoms. The molecular weight excluding hydrogens is 361 g/mol. The Morgan fingerprint density at radius 2 is 1.69 bits per heavy atom. The predicted octanol–water partition coefficient (Wildman–Crippen LogP) is 1.72. The van der Waals surface area contributed by atoms with Gasteiger partial charge in [0, 0.05) is 0 Å². The summed E-state index contributed by atoms with van der Waals surface area (Å²) in [5, 5.41) is 2.47. The first-order chi connectivity index (χ1) is 12.1. The second-order valence-electron chi connectivity index (χ2n) is 5.59. The zero-order chi connectivity index (χ0) is 19.5. The van der Waals surface area contributed by atoms with Crippen LogP contribution in [0.25, 0.3) is 0 Å². The Hall–Kier alpha value is -2.94. The zero-order valence-electron chi connectivity index (χ0n) is 14.1. The summed E-state index contributed by atoms with van der Waals surface area (Å²) in [6.45, 7) is 1.32. The van der Waals surface area contributed by atoms with E-state index in [1.54, 1.807) is 12.1 Å². The Morgan fingerprint density at radius 3 is 2.27 bits per heavy atom. The van der Waals surface area contributed by atoms with Crippen LogP contribution in [0, 0.1) is 5.82 Å². The fourth-order valence-electron chi connectivity index (χ4n) is 2.46.